The lowest BCUT2D eigenvalue weighted by Gasteiger charge is -2.14. The molecule has 3 unspecified atom stereocenters. The zero-order valence-electron chi connectivity index (χ0n) is 9.32. The molecule has 84 valence electrons. The fraction of sp³-hybridized carbons (Fsp3) is 0.429. The van der Waals surface area contributed by atoms with Crippen LogP contribution in [-0.4, -0.2) is 4.83 Å². The molecule has 0 radical (unpaired) electrons. The summed E-state index contributed by atoms with van der Waals surface area (Å²) in [6, 6.07) is 10.5. The maximum Gasteiger partial charge on any atom is 0.134 e. The molecular formula is C14H15BrO. The Kier molecular flexibility index (Phi) is 2.55. The molecule has 3 atom stereocenters. The Labute approximate surface area is 104 Å². The summed E-state index contributed by atoms with van der Waals surface area (Å²) in [5.74, 6) is 2.41. The molecule has 1 nitrogen and oxygen atoms in total. The van der Waals surface area contributed by atoms with E-state index in [9.17, 15) is 0 Å². The quantitative estimate of drug-likeness (QED) is 0.689. The first kappa shape index (κ1) is 10.4. The molecule has 16 heavy (non-hydrogen) atoms. The normalized spacial score (nSPS) is 30.0. The number of para-hydroxylation sites is 1. The van der Waals surface area contributed by atoms with Gasteiger partial charge in [0.15, 0.2) is 0 Å². The van der Waals surface area contributed by atoms with Crippen molar-refractivity contribution in [3.8, 4) is 0 Å². The first-order valence-corrected chi connectivity index (χ1v) is 6.80. The van der Waals surface area contributed by atoms with E-state index in [1.807, 2.05) is 12.1 Å². The topological polar surface area (TPSA) is 13.1 Å². The molecule has 0 saturated heterocycles. The van der Waals surface area contributed by atoms with Crippen LogP contribution >= 0.6 is 15.9 Å². The van der Waals surface area contributed by atoms with Crippen LogP contribution in [0.15, 0.2) is 34.7 Å². The Morgan fingerprint density at radius 1 is 1.25 bits per heavy atom. The van der Waals surface area contributed by atoms with Gasteiger partial charge in [0.1, 0.15) is 11.3 Å². The highest BCUT2D eigenvalue weighted by atomic mass is 79.9. The van der Waals surface area contributed by atoms with Crippen LogP contribution in [0.4, 0.5) is 0 Å². The molecule has 1 aromatic heterocycles. The van der Waals surface area contributed by atoms with E-state index in [-0.39, 0.29) is 0 Å². The Balaban J connectivity index is 2.00. The van der Waals surface area contributed by atoms with Crippen LogP contribution in [0, 0.1) is 5.92 Å². The fourth-order valence-electron chi connectivity index (χ4n) is 2.70. The van der Waals surface area contributed by atoms with Gasteiger partial charge in [-0.15, -0.1) is 0 Å². The summed E-state index contributed by atoms with van der Waals surface area (Å²) in [5.41, 5.74) is 1.02. The lowest BCUT2D eigenvalue weighted by atomic mass is 9.95. The second-order valence-electron chi connectivity index (χ2n) is 4.75. The molecule has 0 bridgehead atoms. The summed E-state index contributed by atoms with van der Waals surface area (Å²) in [6.45, 7) is 2.31. The third-order valence-corrected chi connectivity index (χ3v) is 5.06. The minimum atomic E-state index is 0.580. The monoisotopic (exact) mass is 278 g/mol. The van der Waals surface area contributed by atoms with E-state index in [1.165, 1.54) is 18.2 Å². The van der Waals surface area contributed by atoms with Crippen molar-refractivity contribution in [2.45, 2.75) is 30.5 Å². The molecule has 1 aliphatic rings. The molecule has 1 saturated carbocycles. The summed E-state index contributed by atoms with van der Waals surface area (Å²) in [5, 5.41) is 1.22. The van der Waals surface area contributed by atoms with Crippen molar-refractivity contribution in [3.63, 3.8) is 0 Å². The van der Waals surface area contributed by atoms with Gasteiger partial charge in [0, 0.05) is 16.1 Å². The summed E-state index contributed by atoms with van der Waals surface area (Å²) in [4.78, 5) is 0.644. The Bertz CT molecular complexity index is 469. The Hall–Kier alpha value is -0.760. The fourth-order valence-corrected chi connectivity index (χ4v) is 3.34. The number of hydrogen-bond acceptors (Lipinski definition) is 1. The third kappa shape index (κ3) is 1.60. The van der Waals surface area contributed by atoms with Crippen molar-refractivity contribution >= 4 is 26.9 Å². The molecule has 2 heteroatoms. The van der Waals surface area contributed by atoms with Gasteiger partial charge in [-0.25, -0.2) is 0 Å². The number of rotatable bonds is 1. The summed E-state index contributed by atoms with van der Waals surface area (Å²) in [7, 11) is 0. The molecule has 0 amide bonds. The van der Waals surface area contributed by atoms with Gasteiger partial charge in [-0.2, -0.15) is 0 Å². The molecule has 1 heterocycles. The average Bonchev–Trinajstić information content (AvgIpc) is 2.84. The predicted octanol–water partition coefficient (Wildman–Crippen LogP) is 4.71. The Morgan fingerprint density at radius 3 is 2.75 bits per heavy atom. The van der Waals surface area contributed by atoms with Crippen LogP contribution in [0.3, 0.4) is 0 Å². The van der Waals surface area contributed by atoms with Crippen molar-refractivity contribution in [1.82, 2.24) is 0 Å². The van der Waals surface area contributed by atoms with Gasteiger partial charge < -0.3 is 4.42 Å². The minimum absolute atomic E-state index is 0.580. The highest BCUT2D eigenvalue weighted by Gasteiger charge is 2.34. The van der Waals surface area contributed by atoms with Crippen molar-refractivity contribution in [3.05, 3.63) is 36.1 Å². The van der Waals surface area contributed by atoms with Crippen molar-refractivity contribution < 1.29 is 4.42 Å². The summed E-state index contributed by atoms with van der Waals surface area (Å²) < 4.78 is 5.95. The minimum Gasteiger partial charge on any atom is -0.461 e. The average molecular weight is 279 g/mol. The SMILES string of the molecule is CC1C(Br)CCC1c1cc2ccccc2o1. The van der Waals surface area contributed by atoms with Crippen LogP contribution in [0.5, 0.6) is 0 Å². The summed E-state index contributed by atoms with van der Waals surface area (Å²) in [6.07, 6.45) is 2.49. The van der Waals surface area contributed by atoms with E-state index in [2.05, 4.69) is 41.1 Å². The number of hydrogen-bond donors (Lipinski definition) is 0. The van der Waals surface area contributed by atoms with Crippen LogP contribution in [0.25, 0.3) is 11.0 Å². The van der Waals surface area contributed by atoms with E-state index in [0.717, 1.165) is 11.3 Å². The van der Waals surface area contributed by atoms with Gasteiger partial charge in [0.2, 0.25) is 0 Å². The highest BCUT2D eigenvalue weighted by Crippen LogP contribution is 2.44. The van der Waals surface area contributed by atoms with E-state index < -0.39 is 0 Å². The summed E-state index contributed by atoms with van der Waals surface area (Å²) >= 11 is 3.74. The maximum atomic E-state index is 5.95. The van der Waals surface area contributed by atoms with Crippen LogP contribution in [0.2, 0.25) is 0 Å². The van der Waals surface area contributed by atoms with Crippen LogP contribution in [-0.2, 0) is 0 Å². The van der Waals surface area contributed by atoms with Gasteiger partial charge in [0.05, 0.1) is 0 Å². The number of fused-ring (bicyclic) bond motifs is 1. The number of alkyl halides is 1. The first-order chi connectivity index (χ1) is 7.75. The molecule has 0 aliphatic heterocycles. The van der Waals surface area contributed by atoms with Gasteiger partial charge >= 0.3 is 0 Å². The number of halogens is 1. The number of benzene rings is 1. The molecule has 3 rings (SSSR count). The van der Waals surface area contributed by atoms with Crippen LogP contribution in [0.1, 0.15) is 31.4 Å². The molecule has 1 aliphatic carbocycles. The molecular weight excluding hydrogens is 264 g/mol. The molecule has 1 fully saturated rings. The number of furan rings is 1. The van der Waals surface area contributed by atoms with Crippen molar-refractivity contribution in [2.24, 2.45) is 5.92 Å². The van der Waals surface area contributed by atoms with Gasteiger partial charge in [-0.1, -0.05) is 41.1 Å². The van der Waals surface area contributed by atoms with E-state index in [0.29, 0.717) is 16.7 Å². The third-order valence-electron chi connectivity index (χ3n) is 3.77. The second kappa shape index (κ2) is 3.92. The predicted molar refractivity (Wildman–Crippen MR) is 70.1 cm³/mol. The van der Waals surface area contributed by atoms with Crippen molar-refractivity contribution in [2.75, 3.05) is 0 Å². The smallest absolute Gasteiger partial charge is 0.134 e. The lowest BCUT2D eigenvalue weighted by Crippen LogP contribution is -2.08. The van der Waals surface area contributed by atoms with E-state index in [1.54, 1.807) is 0 Å². The van der Waals surface area contributed by atoms with Crippen LogP contribution < -0.4 is 0 Å². The Morgan fingerprint density at radius 2 is 2.06 bits per heavy atom. The lowest BCUT2D eigenvalue weighted by molar-refractivity contribution is 0.436. The highest BCUT2D eigenvalue weighted by molar-refractivity contribution is 9.09. The zero-order chi connectivity index (χ0) is 11.1. The van der Waals surface area contributed by atoms with Gasteiger partial charge in [-0.05, 0) is 30.9 Å². The first-order valence-electron chi connectivity index (χ1n) is 5.88. The van der Waals surface area contributed by atoms with Gasteiger partial charge in [-0.3, -0.25) is 0 Å². The maximum absolute atomic E-state index is 5.95. The molecule has 1 aromatic carbocycles. The molecule has 2 aromatic rings. The second-order valence-corrected chi connectivity index (χ2v) is 5.92. The van der Waals surface area contributed by atoms with E-state index >= 15 is 0 Å². The van der Waals surface area contributed by atoms with Crippen molar-refractivity contribution in [1.29, 1.82) is 0 Å². The van der Waals surface area contributed by atoms with E-state index in [4.69, 9.17) is 4.42 Å². The van der Waals surface area contributed by atoms with Gasteiger partial charge in [0.25, 0.3) is 0 Å². The molecule has 0 N–H and O–H groups in total. The molecule has 0 spiro atoms. The standard InChI is InChI=1S/C14H15BrO/c1-9-11(6-7-12(9)15)14-8-10-4-2-3-5-13(10)16-14/h2-5,8-9,11-12H,6-7H2,1H3. The zero-order valence-corrected chi connectivity index (χ0v) is 10.9. The largest absolute Gasteiger partial charge is 0.461 e.